The molecule has 0 saturated heterocycles. The van der Waals surface area contributed by atoms with Gasteiger partial charge in [0.25, 0.3) is 5.91 Å². The number of oxazole rings is 1. The molecule has 0 saturated carbocycles. The number of anilines is 1. The Balaban J connectivity index is 1.40. The second-order valence-corrected chi connectivity index (χ2v) is 8.60. The number of nitrogens with zero attached hydrogens (tertiary/aromatic N) is 1. The first-order valence-corrected chi connectivity index (χ1v) is 11.2. The number of halogens is 2. The van der Waals surface area contributed by atoms with E-state index in [2.05, 4.69) is 15.6 Å². The van der Waals surface area contributed by atoms with Crippen molar-refractivity contribution >= 4 is 63.2 Å². The highest BCUT2D eigenvalue weighted by atomic mass is 35.5. The first-order chi connectivity index (χ1) is 15.8. The zero-order valence-corrected chi connectivity index (χ0v) is 20.0. The number of ether oxygens (including phenoxy) is 1. The largest absolute Gasteiger partial charge is 0.479 e. The summed E-state index contributed by atoms with van der Waals surface area (Å²) in [5.74, 6) is 0.458. The maximum absolute atomic E-state index is 12.5. The van der Waals surface area contributed by atoms with Crippen molar-refractivity contribution in [1.29, 1.82) is 0 Å². The maximum atomic E-state index is 12.5. The zero-order chi connectivity index (χ0) is 23.5. The van der Waals surface area contributed by atoms with E-state index in [4.69, 9.17) is 44.6 Å². The van der Waals surface area contributed by atoms with Crippen molar-refractivity contribution in [1.82, 2.24) is 10.3 Å². The molecule has 9 heteroatoms. The fourth-order valence-corrected chi connectivity index (χ4v) is 3.77. The van der Waals surface area contributed by atoms with E-state index in [0.717, 1.165) is 11.1 Å². The molecule has 2 N–H and O–H groups in total. The van der Waals surface area contributed by atoms with Crippen molar-refractivity contribution in [2.75, 3.05) is 5.32 Å². The molecule has 1 atom stereocenters. The molecule has 1 aromatic heterocycles. The summed E-state index contributed by atoms with van der Waals surface area (Å²) in [6.45, 7) is 3.61. The monoisotopic (exact) mass is 499 g/mol. The Morgan fingerprint density at radius 3 is 2.70 bits per heavy atom. The molecule has 6 nitrogen and oxygen atoms in total. The molecule has 33 heavy (non-hydrogen) atoms. The maximum Gasteiger partial charge on any atom is 0.266 e. The average molecular weight is 500 g/mol. The van der Waals surface area contributed by atoms with Crippen LogP contribution in [0.2, 0.25) is 10.0 Å². The van der Waals surface area contributed by atoms with Gasteiger partial charge in [0, 0.05) is 16.3 Å². The number of amides is 1. The second kappa shape index (κ2) is 9.79. The van der Waals surface area contributed by atoms with Gasteiger partial charge >= 0.3 is 0 Å². The Hall–Kier alpha value is -3.13. The van der Waals surface area contributed by atoms with Gasteiger partial charge in [-0.05, 0) is 74.6 Å². The van der Waals surface area contributed by atoms with Crippen LogP contribution < -0.4 is 15.4 Å². The molecule has 0 aliphatic heterocycles. The lowest BCUT2D eigenvalue weighted by atomic mass is 10.1. The standard InChI is InChI=1S/C24H19Cl2N3O3S/c1-13-4-3-5-15(10-13)23-28-19-12-17(7-9-21(19)32-23)27-24(33)29-22(30)14(2)31-20-8-6-16(25)11-18(20)26/h3-12,14H,1-2H3,(H2,27,29,30,33). The lowest BCUT2D eigenvalue weighted by Crippen LogP contribution is -2.42. The Morgan fingerprint density at radius 2 is 1.94 bits per heavy atom. The SMILES string of the molecule is Cc1cccc(-c2nc3cc(NC(=S)NC(=O)C(C)Oc4ccc(Cl)cc4Cl)ccc3o2)c1. The van der Waals surface area contributed by atoms with Crippen molar-refractivity contribution in [2.24, 2.45) is 0 Å². The summed E-state index contributed by atoms with van der Waals surface area (Å²) >= 11 is 17.2. The lowest BCUT2D eigenvalue weighted by molar-refractivity contribution is -0.125. The summed E-state index contributed by atoms with van der Waals surface area (Å²) in [5.41, 5.74) is 3.99. The minimum atomic E-state index is -0.835. The summed E-state index contributed by atoms with van der Waals surface area (Å²) in [7, 11) is 0. The molecule has 0 spiro atoms. The molecule has 0 bridgehead atoms. The van der Waals surface area contributed by atoms with E-state index >= 15 is 0 Å². The molecule has 4 aromatic rings. The van der Waals surface area contributed by atoms with Gasteiger partial charge in [-0.25, -0.2) is 4.98 Å². The molecule has 0 fully saturated rings. The van der Waals surface area contributed by atoms with Crippen LogP contribution in [0.1, 0.15) is 12.5 Å². The molecule has 1 heterocycles. The van der Waals surface area contributed by atoms with E-state index < -0.39 is 12.0 Å². The number of carbonyl (C=O) groups excluding carboxylic acids is 1. The minimum Gasteiger partial charge on any atom is -0.479 e. The van der Waals surface area contributed by atoms with E-state index in [1.807, 2.05) is 31.2 Å². The quantitative estimate of drug-likeness (QED) is 0.309. The van der Waals surface area contributed by atoms with Gasteiger partial charge in [-0.15, -0.1) is 0 Å². The number of thiocarbonyl (C=S) groups is 1. The number of rotatable bonds is 5. The minimum absolute atomic E-state index is 0.124. The first-order valence-electron chi connectivity index (χ1n) is 9.99. The average Bonchev–Trinajstić information content (AvgIpc) is 3.19. The molecular weight excluding hydrogens is 481 g/mol. The first kappa shape index (κ1) is 23.0. The van der Waals surface area contributed by atoms with Gasteiger partial charge in [0.1, 0.15) is 11.3 Å². The number of aromatic nitrogens is 1. The number of aryl methyl sites for hydroxylation is 1. The van der Waals surface area contributed by atoms with Gasteiger partial charge in [0.05, 0.1) is 5.02 Å². The fourth-order valence-electron chi connectivity index (χ4n) is 3.10. The van der Waals surface area contributed by atoms with E-state index in [9.17, 15) is 4.79 Å². The highest BCUT2D eigenvalue weighted by Gasteiger charge is 2.18. The molecule has 0 aliphatic rings. The van der Waals surface area contributed by atoms with E-state index in [1.165, 1.54) is 0 Å². The Bertz CT molecular complexity index is 1360. The van der Waals surface area contributed by atoms with Crippen LogP contribution in [-0.4, -0.2) is 22.1 Å². The van der Waals surface area contributed by atoms with Gasteiger partial charge in [-0.3, -0.25) is 10.1 Å². The van der Waals surface area contributed by atoms with Gasteiger partial charge in [0.15, 0.2) is 16.8 Å². The molecule has 1 amide bonds. The molecule has 1 unspecified atom stereocenters. The Morgan fingerprint density at radius 1 is 1.12 bits per heavy atom. The molecule has 4 rings (SSSR count). The highest BCUT2D eigenvalue weighted by molar-refractivity contribution is 7.80. The smallest absolute Gasteiger partial charge is 0.266 e. The lowest BCUT2D eigenvalue weighted by Gasteiger charge is -2.16. The van der Waals surface area contributed by atoms with Crippen molar-refractivity contribution in [3.63, 3.8) is 0 Å². The predicted octanol–water partition coefficient (Wildman–Crippen LogP) is 6.39. The number of fused-ring (bicyclic) bond motifs is 1. The topological polar surface area (TPSA) is 76.4 Å². The number of hydrogen-bond acceptors (Lipinski definition) is 5. The Kier molecular flexibility index (Phi) is 6.83. The summed E-state index contributed by atoms with van der Waals surface area (Å²) in [6, 6.07) is 18.1. The third kappa shape index (κ3) is 5.63. The van der Waals surface area contributed by atoms with Crippen molar-refractivity contribution in [3.8, 4) is 17.2 Å². The summed E-state index contributed by atoms with van der Waals surface area (Å²) < 4.78 is 11.5. The number of hydrogen-bond donors (Lipinski definition) is 2. The number of nitrogens with one attached hydrogen (secondary N) is 2. The summed E-state index contributed by atoms with van der Waals surface area (Å²) in [4.78, 5) is 17.0. The van der Waals surface area contributed by atoms with Crippen LogP contribution in [0.5, 0.6) is 5.75 Å². The van der Waals surface area contributed by atoms with Crippen LogP contribution in [0.3, 0.4) is 0 Å². The van der Waals surface area contributed by atoms with Crippen LogP contribution in [0.15, 0.2) is 65.1 Å². The van der Waals surface area contributed by atoms with Gasteiger partial charge < -0.3 is 14.5 Å². The summed E-state index contributed by atoms with van der Waals surface area (Å²) in [6.07, 6.45) is -0.835. The summed E-state index contributed by atoms with van der Waals surface area (Å²) in [5, 5.41) is 6.50. The van der Waals surface area contributed by atoms with Crippen molar-refractivity contribution in [3.05, 3.63) is 76.3 Å². The van der Waals surface area contributed by atoms with Crippen molar-refractivity contribution in [2.45, 2.75) is 20.0 Å². The van der Waals surface area contributed by atoms with Crippen LogP contribution in [0, 0.1) is 6.92 Å². The van der Waals surface area contributed by atoms with Crippen molar-refractivity contribution < 1.29 is 13.9 Å². The third-order valence-corrected chi connectivity index (χ3v) is 5.45. The molecule has 3 aromatic carbocycles. The van der Waals surface area contributed by atoms with E-state index in [1.54, 1.807) is 43.3 Å². The predicted molar refractivity (Wildman–Crippen MR) is 135 cm³/mol. The molecular formula is C24H19Cl2N3O3S. The van der Waals surface area contributed by atoms with Crippen LogP contribution in [0.25, 0.3) is 22.6 Å². The Labute approximate surface area is 205 Å². The van der Waals surface area contributed by atoms with Crippen LogP contribution >= 0.6 is 35.4 Å². The normalized spacial score (nSPS) is 11.8. The fraction of sp³-hybridized carbons (Fsp3) is 0.125. The molecule has 0 aliphatic carbocycles. The number of carbonyl (C=O) groups is 1. The van der Waals surface area contributed by atoms with E-state index in [0.29, 0.717) is 38.5 Å². The molecule has 0 radical (unpaired) electrons. The van der Waals surface area contributed by atoms with Crippen LogP contribution in [-0.2, 0) is 4.79 Å². The zero-order valence-electron chi connectivity index (χ0n) is 17.7. The van der Waals surface area contributed by atoms with E-state index in [-0.39, 0.29) is 5.11 Å². The third-order valence-electron chi connectivity index (χ3n) is 4.71. The van der Waals surface area contributed by atoms with Gasteiger partial charge in [0.2, 0.25) is 5.89 Å². The molecule has 168 valence electrons. The second-order valence-electron chi connectivity index (χ2n) is 7.35. The highest BCUT2D eigenvalue weighted by Crippen LogP contribution is 2.29. The number of benzene rings is 3. The van der Waals surface area contributed by atoms with Crippen LogP contribution in [0.4, 0.5) is 5.69 Å². The van der Waals surface area contributed by atoms with Gasteiger partial charge in [-0.2, -0.15) is 0 Å². The van der Waals surface area contributed by atoms with Gasteiger partial charge in [-0.1, -0.05) is 40.9 Å².